The lowest BCUT2D eigenvalue weighted by Crippen LogP contribution is -2.43. The second kappa shape index (κ2) is 7.06. The van der Waals surface area contributed by atoms with Crippen molar-refractivity contribution in [1.82, 2.24) is 14.5 Å². The first-order chi connectivity index (χ1) is 9.60. The molecule has 0 spiro atoms. The summed E-state index contributed by atoms with van der Waals surface area (Å²) in [7, 11) is 3.85. The van der Waals surface area contributed by atoms with Crippen molar-refractivity contribution in [3.05, 3.63) is 11.9 Å². The maximum Gasteiger partial charge on any atom is 0.203 e. The monoisotopic (exact) mass is 282 g/mol. The van der Waals surface area contributed by atoms with Crippen LogP contribution in [0.3, 0.4) is 0 Å². The standard InChI is InChI=1S/C14H26N4O2/c1-11-8-18(12(2)10-19-4)14(16-11)15-7-13-9-17(3)5-6-20-13/h8,12-13H,5-7,9-10H2,1-4H3,(H,15,16). The molecule has 0 aliphatic carbocycles. The molecule has 2 unspecified atom stereocenters. The Kier molecular flexibility index (Phi) is 5.39. The summed E-state index contributed by atoms with van der Waals surface area (Å²) in [5.74, 6) is 0.892. The molecule has 1 aliphatic heterocycles. The maximum absolute atomic E-state index is 5.76. The van der Waals surface area contributed by atoms with E-state index >= 15 is 0 Å². The molecule has 1 aliphatic rings. The predicted octanol–water partition coefficient (Wildman–Crippen LogP) is 1.14. The van der Waals surface area contributed by atoms with Gasteiger partial charge in [-0.2, -0.15) is 0 Å². The molecular formula is C14H26N4O2. The molecule has 1 fully saturated rings. The number of nitrogens with one attached hydrogen (secondary N) is 1. The molecule has 0 bridgehead atoms. The minimum atomic E-state index is 0.219. The smallest absolute Gasteiger partial charge is 0.203 e. The maximum atomic E-state index is 5.76. The molecule has 1 aromatic rings. The number of imidazole rings is 1. The van der Waals surface area contributed by atoms with Crippen LogP contribution in [-0.4, -0.2) is 67.6 Å². The number of likely N-dealkylation sites (N-methyl/N-ethyl adjacent to an activating group) is 1. The van der Waals surface area contributed by atoms with Crippen LogP contribution in [0.15, 0.2) is 6.20 Å². The summed E-state index contributed by atoms with van der Waals surface area (Å²) in [5.41, 5.74) is 1.01. The third-order valence-corrected chi connectivity index (χ3v) is 3.57. The van der Waals surface area contributed by atoms with E-state index in [0.29, 0.717) is 6.61 Å². The van der Waals surface area contributed by atoms with Crippen LogP contribution in [-0.2, 0) is 9.47 Å². The van der Waals surface area contributed by atoms with Crippen molar-refractivity contribution in [2.75, 3.05) is 52.3 Å². The number of aryl methyl sites for hydroxylation is 1. The van der Waals surface area contributed by atoms with E-state index in [-0.39, 0.29) is 12.1 Å². The van der Waals surface area contributed by atoms with Gasteiger partial charge in [0.05, 0.1) is 31.1 Å². The molecule has 6 nitrogen and oxygen atoms in total. The fourth-order valence-corrected chi connectivity index (χ4v) is 2.50. The van der Waals surface area contributed by atoms with Crippen LogP contribution in [0.4, 0.5) is 5.95 Å². The highest BCUT2D eigenvalue weighted by atomic mass is 16.5. The van der Waals surface area contributed by atoms with E-state index in [9.17, 15) is 0 Å². The van der Waals surface area contributed by atoms with Gasteiger partial charge in [-0.05, 0) is 20.9 Å². The van der Waals surface area contributed by atoms with Gasteiger partial charge >= 0.3 is 0 Å². The van der Waals surface area contributed by atoms with E-state index in [1.54, 1.807) is 7.11 Å². The first-order valence-electron chi connectivity index (χ1n) is 7.18. The lowest BCUT2D eigenvalue weighted by molar-refractivity contribution is -0.0118. The second-order valence-electron chi connectivity index (χ2n) is 5.55. The highest BCUT2D eigenvalue weighted by Crippen LogP contribution is 2.16. The van der Waals surface area contributed by atoms with Crippen LogP contribution in [0.1, 0.15) is 18.7 Å². The highest BCUT2D eigenvalue weighted by Gasteiger charge is 2.19. The van der Waals surface area contributed by atoms with E-state index in [4.69, 9.17) is 9.47 Å². The zero-order valence-corrected chi connectivity index (χ0v) is 12.9. The Morgan fingerprint density at radius 2 is 2.40 bits per heavy atom. The number of anilines is 1. The Morgan fingerprint density at radius 1 is 1.60 bits per heavy atom. The third kappa shape index (κ3) is 3.94. The van der Waals surface area contributed by atoms with Gasteiger partial charge in [-0.25, -0.2) is 4.98 Å². The molecule has 20 heavy (non-hydrogen) atoms. The Hall–Kier alpha value is -1.11. The Balaban J connectivity index is 1.94. The van der Waals surface area contributed by atoms with Crippen LogP contribution in [0.5, 0.6) is 0 Å². The average Bonchev–Trinajstić information content (AvgIpc) is 2.78. The van der Waals surface area contributed by atoms with Gasteiger partial charge in [0.15, 0.2) is 0 Å². The van der Waals surface area contributed by atoms with E-state index in [2.05, 4.69) is 39.9 Å². The second-order valence-corrected chi connectivity index (χ2v) is 5.55. The highest BCUT2D eigenvalue weighted by molar-refractivity contribution is 5.29. The molecule has 0 saturated carbocycles. The van der Waals surface area contributed by atoms with Gasteiger partial charge in [0.25, 0.3) is 0 Å². The summed E-state index contributed by atoms with van der Waals surface area (Å²) in [5, 5.41) is 3.41. The van der Waals surface area contributed by atoms with Crippen molar-refractivity contribution in [3.8, 4) is 0 Å². The first kappa shape index (κ1) is 15.3. The number of morpholine rings is 1. The minimum absolute atomic E-state index is 0.219. The van der Waals surface area contributed by atoms with Crippen LogP contribution >= 0.6 is 0 Å². The van der Waals surface area contributed by atoms with E-state index in [1.165, 1.54) is 0 Å². The van der Waals surface area contributed by atoms with Gasteiger partial charge in [-0.1, -0.05) is 0 Å². The molecule has 0 radical (unpaired) electrons. The van der Waals surface area contributed by atoms with Crippen molar-refractivity contribution < 1.29 is 9.47 Å². The van der Waals surface area contributed by atoms with Crippen molar-refractivity contribution in [3.63, 3.8) is 0 Å². The van der Waals surface area contributed by atoms with Gasteiger partial charge < -0.3 is 24.3 Å². The van der Waals surface area contributed by atoms with Gasteiger partial charge in [-0.3, -0.25) is 0 Å². The lowest BCUT2D eigenvalue weighted by atomic mass is 10.3. The number of hydrogen-bond acceptors (Lipinski definition) is 5. The predicted molar refractivity (Wildman–Crippen MR) is 79.3 cm³/mol. The number of ether oxygens (including phenoxy) is 2. The summed E-state index contributed by atoms with van der Waals surface area (Å²) in [6, 6.07) is 0.263. The summed E-state index contributed by atoms with van der Waals surface area (Å²) in [6.45, 7) is 8.35. The van der Waals surface area contributed by atoms with Crippen molar-refractivity contribution >= 4 is 5.95 Å². The van der Waals surface area contributed by atoms with Crippen LogP contribution < -0.4 is 5.32 Å². The van der Waals surface area contributed by atoms with Crippen LogP contribution in [0, 0.1) is 6.92 Å². The van der Waals surface area contributed by atoms with E-state index < -0.39 is 0 Å². The lowest BCUT2D eigenvalue weighted by Gasteiger charge is -2.30. The number of aromatic nitrogens is 2. The fraction of sp³-hybridized carbons (Fsp3) is 0.786. The Morgan fingerprint density at radius 3 is 3.10 bits per heavy atom. The third-order valence-electron chi connectivity index (χ3n) is 3.57. The molecule has 0 amide bonds. The average molecular weight is 282 g/mol. The van der Waals surface area contributed by atoms with Crippen molar-refractivity contribution in [1.29, 1.82) is 0 Å². The molecule has 114 valence electrons. The number of methoxy groups -OCH3 is 1. The van der Waals surface area contributed by atoms with Gasteiger partial charge in [0, 0.05) is 32.9 Å². The molecule has 2 heterocycles. The summed E-state index contributed by atoms with van der Waals surface area (Å²) >= 11 is 0. The molecular weight excluding hydrogens is 256 g/mol. The quantitative estimate of drug-likeness (QED) is 0.848. The zero-order chi connectivity index (χ0) is 14.5. The SMILES string of the molecule is COCC(C)n1cc(C)nc1NCC1CN(C)CCO1. The van der Waals surface area contributed by atoms with Gasteiger partial charge in [0.1, 0.15) is 0 Å². The van der Waals surface area contributed by atoms with E-state index in [0.717, 1.165) is 37.9 Å². The Labute approximate surface area is 121 Å². The first-order valence-corrected chi connectivity index (χ1v) is 7.18. The van der Waals surface area contributed by atoms with Crippen molar-refractivity contribution in [2.24, 2.45) is 0 Å². The van der Waals surface area contributed by atoms with Crippen LogP contribution in [0.25, 0.3) is 0 Å². The zero-order valence-electron chi connectivity index (χ0n) is 12.9. The summed E-state index contributed by atoms with van der Waals surface area (Å²) in [6.07, 6.45) is 2.27. The molecule has 1 saturated heterocycles. The Bertz CT molecular complexity index is 421. The molecule has 1 aromatic heterocycles. The largest absolute Gasteiger partial charge is 0.383 e. The number of nitrogens with zero attached hydrogens (tertiary/aromatic N) is 3. The summed E-state index contributed by atoms with van der Waals surface area (Å²) < 4.78 is 13.1. The van der Waals surface area contributed by atoms with E-state index in [1.807, 2.05) is 6.92 Å². The normalized spacial score (nSPS) is 21.9. The fourth-order valence-electron chi connectivity index (χ4n) is 2.50. The van der Waals surface area contributed by atoms with Gasteiger partial charge in [-0.15, -0.1) is 0 Å². The van der Waals surface area contributed by atoms with Gasteiger partial charge in [0.2, 0.25) is 5.95 Å². The van der Waals surface area contributed by atoms with Crippen molar-refractivity contribution in [2.45, 2.75) is 26.0 Å². The molecule has 2 rings (SSSR count). The molecule has 1 N–H and O–H groups in total. The molecule has 0 aromatic carbocycles. The number of rotatable bonds is 6. The minimum Gasteiger partial charge on any atom is -0.383 e. The van der Waals surface area contributed by atoms with Crippen LogP contribution in [0.2, 0.25) is 0 Å². The topological polar surface area (TPSA) is 51.5 Å². The number of hydrogen-bond donors (Lipinski definition) is 1. The summed E-state index contributed by atoms with van der Waals surface area (Å²) in [4.78, 5) is 6.84. The molecule has 6 heteroatoms. The molecule has 2 atom stereocenters.